The average molecular weight is 320 g/mol. The largest absolute Gasteiger partial charge is 0.308 e. The Balaban J connectivity index is 1.68. The Bertz CT molecular complexity index is 735. The van der Waals surface area contributed by atoms with Crippen molar-refractivity contribution in [2.45, 2.75) is 12.6 Å². The Morgan fingerprint density at radius 2 is 1.67 bits per heavy atom. The van der Waals surface area contributed by atoms with Crippen LogP contribution in [-0.4, -0.2) is 35.3 Å². The van der Waals surface area contributed by atoms with Gasteiger partial charge in [-0.15, -0.1) is 0 Å². The standard InChI is InChI=1S/C20H24N4/c1-23(2)16-20(18-9-5-3-6-10-18)21-13-17-14-22-24(15-17)19-11-7-4-8-12-19/h3-12,14-15,20-21H,13,16H2,1-2H3/t20-/m0/s1. The Hall–Kier alpha value is -2.43. The molecule has 4 heteroatoms. The number of rotatable bonds is 7. The molecular formula is C20H24N4. The molecule has 0 aliphatic carbocycles. The van der Waals surface area contributed by atoms with E-state index in [1.165, 1.54) is 11.1 Å². The van der Waals surface area contributed by atoms with Crippen molar-refractivity contribution >= 4 is 0 Å². The van der Waals surface area contributed by atoms with Crippen LogP contribution in [0.15, 0.2) is 73.1 Å². The normalized spacial score (nSPS) is 12.5. The number of aromatic nitrogens is 2. The molecule has 0 saturated carbocycles. The number of benzene rings is 2. The molecule has 0 aliphatic rings. The summed E-state index contributed by atoms with van der Waals surface area (Å²) >= 11 is 0. The maximum absolute atomic E-state index is 4.46. The molecule has 0 saturated heterocycles. The third-order valence-corrected chi connectivity index (χ3v) is 3.96. The highest BCUT2D eigenvalue weighted by molar-refractivity contribution is 5.31. The summed E-state index contributed by atoms with van der Waals surface area (Å²) in [5.74, 6) is 0. The minimum absolute atomic E-state index is 0.293. The van der Waals surface area contributed by atoms with Crippen molar-refractivity contribution in [3.63, 3.8) is 0 Å². The molecule has 2 aromatic carbocycles. The highest BCUT2D eigenvalue weighted by atomic mass is 15.3. The van der Waals surface area contributed by atoms with Gasteiger partial charge in [0.25, 0.3) is 0 Å². The van der Waals surface area contributed by atoms with Crippen molar-refractivity contribution in [3.8, 4) is 5.69 Å². The first-order valence-electron chi connectivity index (χ1n) is 8.24. The molecule has 24 heavy (non-hydrogen) atoms. The zero-order valence-electron chi connectivity index (χ0n) is 14.3. The second kappa shape index (κ2) is 7.90. The molecular weight excluding hydrogens is 296 g/mol. The van der Waals surface area contributed by atoms with E-state index < -0.39 is 0 Å². The van der Waals surface area contributed by atoms with E-state index in [1.54, 1.807) is 0 Å². The number of nitrogens with zero attached hydrogens (tertiary/aromatic N) is 3. The van der Waals surface area contributed by atoms with E-state index >= 15 is 0 Å². The molecule has 1 atom stereocenters. The predicted octanol–water partition coefficient (Wildman–Crippen LogP) is 3.26. The summed E-state index contributed by atoms with van der Waals surface area (Å²) in [6.45, 7) is 1.75. The summed E-state index contributed by atoms with van der Waals surface area (Å²) in [4.78, 5) is 2.21. The molecule has 0 amide bonds. The van der Waals surface area contributed by atoms with Crippen molar-refractivity contribution in [1.82, 2.24) is 20.0 Å². The highest BCUT2D eigenvalue weighted by Gasteiger charge is 2.12. The molecule has 0 unspecified atom stereocenters. The van der Waals surface area contributed by atoms with Gasteiger partial charge in [-0.3, -0.25) is 0 Å². The molecule has 0 aliphatic heterocycles. The van der Waals surface area contributed by atoms with Crippen molar-refractivity contribution in [1.29, 1.82) is 0 Å². The van der Waals surface area contributed by atoms with E-state index in [-0.39, 0.29) is 0 Å². The van der Waals surface area contributed by atoms with Crippen molar-refractivity contribution in [2.24, 2.45) is 0 Å². The van der Waals surface area contributed by atoms with Crippen molar-refractivity contribution in [3.05, 3.63) is 84.2 Å². The van der Waals surface area contributed by atoms with Crippen molar-refractivity contribution in [2.75, 3.05) is 20.6 Å². The molecule has 4 nitrogen and oxygen atoms in total. The summed E-state index contributed by atoms with van der Waals surface area (Å²) in [6.07, 6.45) is 4.01. The van der Waals surface area contributed by atoms with Crippen LogP contribution in [0.25, 0.3) is 5.69 Å². The Labute approximate surface area is 143 Å². The van der Waals surface area contributed by atoms with E-state index in [9.17, 15) is 0 Å². The maximum Gasteiger partial charge on any atom is 0.0645 e. The lowest BCUT2D eigenvalue weighted by Gasteiger charge is -2.22. The molecule has 0 fully saturated rings. The topological polar surface area (TPSA) is 33.1 Å². The number of hydrogen-bond donors (Lipinski definition) is 1. The van der Waals surface area contributed by atoms with E-state index in [2.05, 4.69) is 78.1 Å². The fourth-order valence-electron chi connectivity index (χ4n) is 2.75. The zero-order valence-corrected chi connectivity index (χ0v) is 14.3. The van der Waals surface area contributed by atoms with Gasteiger partial charge in [0.05, 0.1) is 11.9 Å². The van der Waals surface area contributed by atoms with Crippen LogP contribution in [0.2, 0.25) is 0 Å². The predicted molar refractivity (Wildman–Crippen MR) is 98.1 cm³/mol. The number of likely N-dealkylation sites (N-methyl/N-ethyl adjacent to an activating group) is 1. The molecule has 3 rings (SSSR count). The Kier molecular flexibility index (Phi) is 5.41. The Morgan fingerprint density at radius 3 is 2.33 bits per heavy atom. The fourth-order valence-corrected chi connectivity index (χ4v) is 2.75. The maximum atomic E-state index is 4.46. The zero-order chi connectivity index (χ0) is 16.8. The van der Waals surface area contributed by atoms with Crippen LogP contribution in [0, 0.1) is 0 Å². The van der Waals surface area contributed by atoms with Crippen LogP contribution >= 0.6 is 0 Å². The number of hydrogen-bond acceptors (Lipinski definition) is 3. The summed E-state index contributed by atoms with van der Waals surface area (Å²) in [6, 6.07) is 21.1. The summed E-state index contributed by atoms with van der Waals surface area (Å²) in [5.41, 5.74) is 3.57. The van der Waals surface area contributed by atoms with E-state index in [0.717, 1.165) is 18.8 Å². The van der Waals surface area contributed by atoms with Crippen LogP contribution in [0.5, 0.6) is 0 Å². The SMILES string of the molecule is CN(C)C[C@H](NCc1cnn(-c2ccccc2)c1)c1ccccc1. The fraction of sp³-hybridized carbons (Fsp3) is 0.250. The smallest absolute Gasteiger partial charge is 0.0645 e. The van der Waals surface area contributed by atoms with Crippen LogP contribution in [0.4, 0.5) is 0 Å². The molecule has 124 valence electrons. The summed E-state index contributed by atoms with van der Waals surface area (Å²) in [7, 11) is 4.20. The molecule has 0 radical (unpaired) electrons. The minimum atomic E-state index is 0.293. The summed E-state index contributed by atoms with van der Waals surface area (Å²) < 4.78 is 1.92. The van der Waals surface area contributed by atoms with Gasteiger partial charge in [-0.2, -0.15) is 5.10 Å². The molecule has 1 heterocycles. The second-order valence-electron chi connectivity index (χ2n) is 6.24. The molecule has 1 N–H and O–H groups in total. The molecule has 3 aromatic rings. The molecule has 0 bridgehead atoms. The van der Waals surface area contributed by atoms with Gasteiger partial charge in [0.15, 0.2) is 0 Å². The first-order valence-corrected chi connectivity index (χ1v) is 8.24. The van der Waals surface area contributed by atoms with Gasteiger partial charge in [0, 0.05) is 30.9 Å². The Morgan fingerprint density at radius 1 is 1.00 bits per heavy atom. The third-order valence-electron chi connectivity index (χ3n) is 3.96. The van der Waals surface area contributed by atoms with Crippen LogP contribution in [0.1, 0.15) is 17.2 Å². The van der Waals surface area contributed by atoms with E-state index in [0.29, 0.717) is 6.04 Å². The second-order valence-corrected chi connectivity index (χ2v) is 6.24. The van der Waals surface area contributed by atoms with Gasteiger partial charge in [0.1, 0.15) is 0 Å². The van der Waals surface area contributed by atoms with Gasteiger partial charge in [-0.1, -0.05) is 48.5 Å². The van der Waals surface area contributed by atoms with Crippen LogP contribution in [0.3, 0.4) is 0 Å². The van der Waals surface area contributed by atoms with Gasteiger partial charge < -0.3 is 10.2 Å². The summed E-state index contributed by atoms with van der Waals surface area (Å²) in [5, 5.41) is 8.12. The van der Waals surface area contributed by atoms with Crippen LogP contribution < -0.4 is 5.32 Å². The number of nitrogens with one attached hydrogen (secondary N) is 1. The highest BCUT2D eigenvalue weighted by Crippen LogP contribution is 2.15. The van der Waals surface area contributed by atoms with E-state index in [4.69, 9.17) is 0 Å². The molecule has 1 aromatic heterocycles. The van der Waals surface area contributed by atoms with Gasteiger partial charge in [-0.25, -0.2) is 4.68 Å². The first-order chi connectivity index (χ1) is 11.7. The van der Waals surface area contributed by atoms with Gasteiger partial charge in [-0.05, 0) is 31.8 Å². The molecule has 0 spiro atoms. The van der Waals surface area contributed by atoms with Crippen molar-refractivity contribution < 1.29 is 0 Å². The minimum Gasteiger partial charge on any atom is -0.308 e. The lowest BCUT2D eigenvalue weighted by molar-refractivity contribution is 0.340. The van der Waals surface area contributed by atoms with Gasteiger partial charge >= 0.3 is 0 Å². The third kappa shape index (κ3) is 4.31. The monoisotopic (exact) mass is 320 g/mol. The lowest BCUT2D eigenvalue weighted by Crippen LogP contribution is -2.30. The van der Waals surface area contributed by atoms with Crippen LogP contribution in [-0.2, 0) is 6.54 Å². The number of para-hydroxylation sites is 1. The van der Waals surface area contributed by atoms with E-state index in [1.807, 2.05) is 29.1 Å². The first kappa shape index (κ1) is 16.4. The lowest BCUT2D eigenvalue weighted by atomic mass is 10.1. The quantitative estimate of drug-likeness (QED) is 0.725. The van der Waals surface area contributed by atoms with Gasteiger partial charge in [0.2, 0.25) is 0 Å². The average Bonchev–Trinajstić information content (AvgIpc) is 3.09.